The summed E-state index contributed by atoms with van der Waals surface area (Å²) in [5, 5.41) is 3.27. The average molecular weight is 271 g/mol. The van der Waals surface area contributed by atoms with E-state index in [1.54, 1.807) is 0 Å². The Morgan fingerprint density at radius 3 is 2.63 bits per heavy atom. The molecular formula is C15H29NO3. The minimum absolute atomic E-state index is 0.213. The SMILES string of the molecule is CCCCCCC(C)OCC(NC1CC1)C(=O)OC. The molecule has 1 fully saturated rings. The molecule has 1 aliphatic carbocycles. The summed E-state index contributed by atoms with van der Waals surface area (Å²) in [6, 6.07) is 0.170. The second-order valence-electron chi connectivity index (χ2n) is 5.51. The van der Waals surface area contributed by atoms with Crippen molar-refractivity contribution in [2.45, 2.75) is 77.0 Å². The Labute approximate surface area is 117 Å². The maximum atomic E-state index is 11.6. The zero-order chi connectivity index (χ0) is 14.1. The van der Waals surface area contributed by atoms with Gasteiger partial charge in [-0.05, 0) is 26.2 Å². The molecule has 0 aliphatic heterocycles. The largest absolute Gasteiger partial charge is 0.468 e. The van der Waals surface area contributed by atoms with Crippen molar-refractivity contribution in [3.63, 3.8) is 0 Å². The molecule has 112 valence electrons. The highest BCUT2D eigenvalue weighted by Crippen LogP contribution is 2.20. The fourth-order valence-electron chi connectivity index (χ4n) is 2.06. The summed E-state index contributed by atoms with van der Waals surface area (Å²) in [5.41, 5.74) is 0. The minimum Gasteiger partial charge on any atom is -0.468 e. The van der Waals surface area contributed by atoms with Gasteiger partial charge in [0.25, 0.3) is 0 Å². The van der Waals surface area contributed by atoms with E-state index < -0.39 is 0 Å². The smallest absolute Gasteiger partial charge is 0.325 e. The van der Waals surface area contributed by atoms with Gasteiger partial charge >= 0.3 is 5.97 Å². The highest BCUT2D eigenvalue weighted by molar-refractivity contribution is 5.75. The van der Waals surface area contributed by atoms with Gasteiger partial charge in [-0.1, -0.05) is 32.6 Å². The summed E-state index contributed by atoms with van der Waals surface area (Å²) in [5.74, 6) is -0.218. The van der Waals surface area contributed by atoms with E-state index in [0.717, 1.165) is 19.3 Å². The monoisotopic (exact) mass is 271 g/mol. The summed E-state index contributed by atoms with van der Waals surface area (Å²) in [4.78, 5) is 11.6. The molecule has 4 heteroatoms. The van der Waals surface area contributed by atoms with Crippen LogP contribution in [0.1, 0.15) is 58.8 Å². The van der Waals surface area contributed by atoms with E-state index >= 15 is 0 Å². The molecular weight excluding hydrogens is 242 g/mol. The Morgan fingerprint density at radius 2 is 2.05 bits per heavy atom. The fraction of sp³-hybridized carbons (Fsp3) is 0.933. The molecule has 1 N–H and O–H groups in total. The van der Waals surface area contributed by atoms with Crippen LogP contribution in [0, 0.1) is 0 Å². The van der Waals surface area contributed by atoms with Gasteiger partial charge < -0.3 is 9.47 Å². The Kier molecular flexibility index (Phi) is 8.07. The second kappa shape index (κ2) is 9.32. The first-order valence-electron chi connectivity index (χ1n) is 7.62. The van der Waals surface area contributed by atoms with E-state index in [-0.39, 0.29) is 18.1 Å². The summed E-state index contributed by atoms with van der Waals surface area (Å²) < 4.78 is 10.6. The van der Waals surface area contributed by atoms with Crippen molar-refractivity contribution < 1.29 is 14.3 Å². The first-order valence-corrected chi connectivity index (χ1v) is 7.62. The maximum absolute atomic E-state index is 11.6. The lowest BCUT2D eigenvalue weighted by atomic mass is 10.1. The molecule has 0 saturated heterocycles. The molecule has 1 rings (SSSR count). The number of carbonyl (C=O) groups excluding carboxylic acids is 1. The van der Waals surface area contributed by atoms with E-state index in [2.05, 4.69) is 19.2 Å². The van der Waals surface area contributed by atoms with Crippen LogP contribution >= 0.6 is 0 Å². The van der Waals surface area contributed by atoms with E-state index in [1.165, 1.54) is 32.8 Å². The van der Waals surface area contributed by atoms with Crippen LogP contribution in [0.3, 0.4) is 0 Å². The van der Waals surface area contributed by atoms with Crippen molar-refractivity contribution in [1.29, 1.82) is 0 Å². The van der Waals surface area contributed by atoms with Crippen LogP contribution < -0.4 is 5.32 Å². The van der Waals surface area contributed by atoms with Gasteiger partial charge in [0.05, 0.1) is 19.8 Å². The summed E-state index contributed by atoms with van der Waals surface area (Å²) >= 11 is 0. The standard InChI is InChI=1S/C15H29NO3/c1-4-5-6-7-8-12(2)19-11-14(15(17)18-3)16-13-9-10-13/h12-14,16H,4-11H2,1-3H3. The minimum atomic E-state index is -0.310. The topological polar surface area (TPSA) is 47.6 Å². The number of methoxy groups -OCH3 is 1. The zero-order valence-corrected chi connectivity index (χ0v) is 12.6. The highest BCUT2D eigenvalue weighted by atomic mass is 16.5. The Balaban J connectivity index is 2.16. The Morgan fingerprint density at radius 1 is 1.32 bits per heavy atom. The van der Waals surface area contributed by atoms with E-state index in [0.29, 0.717) is 12.6 Å². The second-order valence-corrected chi connectivity index (χ2v) is 5.51. The van der Waals surface area contributed by atoms with E-state index in [4.69, 9.17) is 9.47 Å². The van der Waals surface area contributed by atoms with Crippen molar-refractivity contribution in [2.24, 2.45) is 0 Å². The van der Waals surface area contributed by atoms with Crippen molar-refractivity contribution in [2.75, 3.05) is 13.7 Å². The van der Waals surface area contributed by atoms with E-state index in [1.807, 2.05) is 0 Å². The van der Waals surface area contributed by atoms with Crippen LogP contribution in [-0.2, 0) is 14.3 Å². The summed E-state index contributed by atoms with van der Waals surface area (Å²) in [7, 11) is 1.43. The third-order valence-electron chi connectivity index (χ3n) is 3.51. The van der Waals surface area contributed by atoms with Crippen molar-refractivity contribution in [3.05, 3.63) is 0 Å². The number of ether oxygens (including phenoxy) is 2. The quantitative estimate of drug-likeness (QED) is 0.463. The number of unbranched alkanes of at least 4 members (excludes halogenated alkanes) is 3. The molecule has 0 aromatic heterocycles. The normalized spacial score (nSPS) is 18.1. The van der Waals surface area contributed by atoms with Gasteiger partial charge in [0.15, 0.2) is 0 Å². The maximum Gasteiger partial charge on any atom is 0.325 e. The van der Waals surface area contributed by atoms with Gasteiger partial charge in [-0.3, -0.25) is 10.1 Å². The zero-order valence-electron chi connectivity index (χ0n) is 12.6. The van der Waals surface area contributed by atoms with Crippen LogP contribution in [0.15, 0.2) is 0 Å². The number of carbonyl (C=O) groups is 1. The van der Waals surface area contributed by atoms with Crippen LogP contribution in [0.4, 0.5) is 0 Å². The molecule has 2 atom stereocenters. The van der Waals surface area contributed by atoms with Gasteiger partial charge in [0.2, 0.25) is 0 Å². The third kappa shape index (κ3) is 7.53. The number of hydrogen-bond donors (Lipinski definition) is 1. The molecule has 0 radical (unpaired) electrons. The Bertz CT molecular complexity index is 254. The molecule has 0 heterocycles. The molecule has 2 unspecified atom stereocenters. The van der Waals surface area contributed by atoms with Crippen molar-refractivity contribution >= 4 is 5.97 Å². The number of rotatable bonds is 11. The van der Waals surface area contributed by atoms with E-state index in [9.17, 15) is 4.79 Å². The number of hydrogen-bond acceptors (Lipinski definition) is 4. The van der Waals surface area contributed by atoms with Crippen LogP contribution in [-0.4, -0.2) is 37.9 Å². The van der Waals surface area contributed by atoms with Gasteiger partial charge in [-0.2, -0.15) is 0 Å². The van der Waals surface area contributed by atoms with Gasteiger partial charge in [-0.25, -0.2) is 0 Å². The van der Waals surface area contributed by atoms with Crippen LogP contribution in [0.2, 0.25) is 0 Å². The lowest BCUT2D eigenvalue weighted by Crippen LogP contribution is -2.43. The fourth-order valence-corrected chi connectivity index (χ4v) is 2.06. The predicted octanol–water partition coefficient (Wildman–Crippen LogP) is 2.66. The lowest BCUT2D eigenvalue weighted by Gasteiger charge is -2.19. The first-order chi connectivity index (χ1) is 9.17. The first kappa shape index (κ1) is 16.4. The van der Waals surface area contributed by atoms with Crippen LogP contribution in [0.5, 0.6) is 0 Å². The van der Waals surface area contributed by atoms with Gasteiger partial charge in [0, 0.05) is 6.04 Å². The van der Waals surface area contributed by atoms with Gasteiger partial charge in [0.1, 0.15) is 6.04 Å². The number of nitrogens with one attached hydrogen (secondary N) is 1. The number of esters is 1. The lowest BCUT2D eigenvalue weighted by molar-refractivity contribution is -0.145. The Hall–Kier alpha value is -0.610. The highest BCUT2D eigenvalue weighted by Gasteiger charge is 2.29. The van der Waals surface area contributed by atoms with Crippen LogP contribution in [0.25, 0.3) is 0 Å². The predicted molar refractivity (Wildman–Crippen MR) is 76.1 cm³/mol. The molecule has 0 aromatic rings. The van der Waals surface area contributed by atoms with Gasteiger partial charge in [-0.15, -0.1) is 0 Å². The molecule has 1 aliphatic rings. The average Bonchev–Trinajstić information content (AvgIpc) is 3.22. The molecule has 0 amide bonds. The van der Waals surface area contributed by atoms with Crippen molar-refractivity contribution in [1.82, 2.24) is 5.32 Å². The third-order valence-corrected chi connectivity index (χ3v) is 3.51. The molecule has 0 aromatic carbocycles. The molecule has 0 spiro atoms. The molecule has 4 nitrogen and oxygen atoms in total. The molecule has 19 heavy (non-hydrogen) atoms. The summed E-state index contributed by atoms with van der Waals surface area (Å²) in [6.45, 7) is 4.71. The van der Waals surface area contributed by atoms with Crippen molar-refractivity contribution in [3.8, 4) is 0 Å². The summed E-state index contributed by atoms with van der Waals surface area (Å²) in [6.07, 6.45) is 8.60. The molecule has 1 saturated carbocycles. The molecule has 0 bridgehead atoms.